The number of nitrogens with one attached hydrogen (secondary N) is 1. The predicted octanol–water partition coefficient (Wildman–Crippen LogP) is 4.16. The highest BCUT2D eigenvalue weighted by Gasteiger charge is 2.29. The molecule has 0 radical (unpaired) electrons. The summed E-state index contributed by atoms with van der Waals surface area (Å²) in [5, 5.41) is 24.7. The summed E-state index contributed by atoms with van der Waals surface area (Å²) < 4.78 is 5.49. The molecule has 0 fully saturated rings. The van der Waals surface area contributed by atoms with Crippen LogP contribution in [0.4, 0.5) is 4.79 Å². The molecule has 0 saturated carbocycles. The van der Waals surface area contributed by atoms with E-state index in [2.05, 4.69) is 49.2 Å². The number of fused-ring (bicyclic) bond motifs is 3. The van der Waals surface area contributed by atoms with Gasteiger partial charge in [-0.2, -0.15) is 0 Å². The highest BCUT2D eigenvalue weighted by molar-refractivity contribution is 6.88. The molecule has 1 amide bonds. The molecule has 0 bridgehead atoms. The Morgan fingerprint density at radius 1 is 0.909 bits per heavy atom. The van der Waals surface area contributed by atoms with Gasteiger partial charge in [-0.05, 0) is 27.8 Å². The van der Waals surface area contributed by atoms with Gasteiger partial charge in [0.25, 0.3) is 0 Å². The predicted molar refractivity (Wildman–Crippen MR) is 133 cm³/mol. The molecule has 2 atom stereocenters. The fourth-order valence-electron chi connectivity index (χ4n) is 4.35. The fraction of sp³-hybridized carbons (Fsp3) is 0.296. The van der Waals surface area contributed by atoms with Crippen LogP contribution in [0.3, 0.4) is 0 Å². The average Bonchev–Trinajstić information content (AvgIpc) is 3.14. The van der Waals surface area contributed by atoms with E-state index in [4.69, 9.17) is 4.74 Å². The third-order valence-corrected chi connectivity index (χ3v) is 8.35. The summed E-state index contributed by atoms with van der Waals surface area (Å²) >= 11 is 0. The molecular formula is C27H31NO4Si. The van der Waals surface area contributed by atoms with Crippen molar-refractivity contribution in [3.8, 4) is 11.1 Å². The second-order valence-corrected chi connectivity index (χ2v) is 14.7. The molecular weight excluding hydrogens is 430 g/mol. The normalized spacial score (nSPS) is 14.8. The maximum atomic E-state index is 12.3. The van der Waals surface area contributed by atoms with E-state index in [0.717, 1.165) is 11.1 Å². The molecule has 0 spiro atoms. The molecule has 0 aliphatic heterocycles. The van der Waals surface area contributed by atoms with Crippen molar-refractivity contribution in [2.45, 2.75) is 37.8 Å². The fourth-order valence-corrected chi connectivity index (χ4v) is 5.52. The Balaban J connectivity index is 1.32. The van der Waals surface area contributed by atoms with Crippen LogP contribution in [-0.2, 0) is 4.74 Å². The number of carbonyl (C=O) groups excluding carboxylic acids is 1. The van der Waals surface area contributed by atoms with Gasteiger partial charge in [0.05, 0.1) is 8.07 Å². The summed E-state index contributed by atoms with van der Waals surface area (Å²) in [6, 6.07) is 24.0. The van der Waals surface area contributed by atoms with Crippen LogP contribution < -0.4 is 10.5 Å². The lowest BCUT2D eigenvalue weighted by atomic mass is 9.98. The summed E-state index contributed by atoms with van der Waals surface area (Å²) in [5.41, 5.74) is 5.24. The van der Waals surface area contributed by atoms with Crippen LogP contribution >= 0.6 is 0 Å². The lowest BCUT2D eigenvalue weighted by Gasteiger charge is -2.21. The number of amides is 1. The molecule has 2 unspecified atom stereocenters. The van der Waals surface area contributed by atoms with E-state index >= 15 is 0 Å². The monoisotopic (exact) mass is 461 g/mol. The minimum atomic E-state index is -1.43. The molecule has 3 aromatic rings. The molecule has 0 aromatic heterocycles. The second-order valence-electron chi connectivity index (χ2n) is 9.59. The maximum Gasteiger partial charge on any atom is 0.407 e. The van der Waals surface area contributed by atoms with Crippen molar-refractivity contribution in [1.29, 1.82) is 0 Å². The molecule has 3 N–H and O–H groups in total. The number of ether oxygens (including phenoxy) is 1. The van der Waals surface area contributed by atoms with Crippen molar-refractivity contribution in [2.24, 2.45) is 0 Å². The molecule has 0 heterocycles. The van der Waals surface area contributed by atoms with Crippen molar-refractivity contribution < 1.29 is 19.7 Å². The summed E-state index contributed by atoms with van der Waals surface area (Å²) in [4.78, 5) is 12.3. The Morgan fingerprint density at radius 3 is 2.00 bits per heavy atom. The van der Waals surface area contributed by atoms with Crippen molar-refractivity contribution in [2.75, 3.05) is 13.2 Å². The second kappa shape index (κ2) is 9.51. The van der Waals surface area contributed by atoms with E-state index in [0.29, 0.717) is 5.56 Å². The summed E-state index contributed by atoms with van der Waals surface area (Å²) in [6.45, 7) is 6.87. The lowest BCUT2D eigenvalue weighted by molar-refractivity contribution is 0.0185. The van der Waals surface area contributed by atoms with Gasteiger partial charge in [-0.15, -0.1) is 0 Å². The number of benzene rings is 3. The highest BCUT2D eigenvalue weighted by Crippen LogP contribution is 2.44. The van der Waals surface area contributed by atoms with Gasteiger partial charge in [0.15, 0.2) is 0 Å². The van der Waals surface area contributed by atoms with Crippen LogP contribution in [0.2, 0.25) is 19.6 Å². The molecule has 6 heteroatoms. The number of alkyl carbamates (subject to hydrolysis) is 1. The number of aliphatic hydroxyl groups excluding tert-OH is 2. The van der Waals surface area contributed by atoms with Gasteiger partial charge in [-0.25, -0.2) is 4.79 Å². The molecule has 172 valence electrons. The zero-order valence-corrected chi connectivity index (χ0v) is 20.3. The van der Waals surface area contributed by atoms with Crippen LogP contribution in [0.15, 0.2) is 72.8 Å². The minimum absolute atomic E-state index is 0.0245. The van der Waals surface area contributed by atoms with Crippen molar-refractivity contribution in [1.82, 2.24) is 5.32 Å². The lowest BCUT2D eigenvalue weighted by Crippen LogP contribution is -2.38. The van der Waals surface area contributed by atoms with Gasteiger partial charge in [0.1, 0.15) is 18.8 Å². The van der Waals surface area contributed by atoms with Gasteiger partial charge in [0, 0.05) is 12.5 Å². The summed E-state index contributed by atoms with van der Waals surface area (Å²) in [5.74, 6) is -0.0245. The quantitative estimate of drug-likeness (QED) is 0.462. The third-order valence-electron chi connectivity index (χ3n) is 6.28. The highest BCUT2D eigenvalue weighted by atomic mass is 28.3. The Hall–Kier alpha value is -2.93. The Bertz CT molecular complexity index is 1080. The number of rotatable bonds is 7. The number of carbonyl (C=O) groups is 1. The SMILES string of the molecule is C[Si](C)(C)c1ccc(C(O)C(O)CNC(=O)OCC2c3ccccc3-c3ccccc32)cc1. The first-order valence-corrected chi connectivity index (χ1v) is 14.8. The zero-order valence-electron chi connectivity index (χ0n) is 19.3. The van der Waals surface area contributed by atoms with Gasteiger partial charge < -0.3 is 20.3 Å². The van der Waals surface area contributed by atoms with E-state index < -0.39 is 26.4 Å². The molecule has 5 nitrogen and oxygen atoms in total. The van der Waals surface area contributed by atoms with Crippen molar-refractivity contribution >= 4 is 19.4 Å². The first-order valence-electron chi connectivity index (χ1n) is 11.3. The Labute approximate surface area is 196 Å². The third kappa shape index (κ3) is 5.03. The first-order chi connectivity index (χ1) is 15.8. The standard InChI is InChI=1S/C27H31NO4Si/c1-33(2,3)19-14-12-18(13-15-19)26(30)25(29)16-28-27(31)32-17-24-22-10-6-4-8-20(22)21-9-5-7-11-23(21)24/h4-15,24-26,29-30H,16-17H2,1-3H3,(H,28,31). The Morgan fingerprint density at radius 2 is 1.45 bits per heavy atom. The Kier molecular flexibility index (Phi) is 6.70. The van der Waals surface area contributed by atoms with E-state index in [1.54, 1.807) is 0 Å². The van der Waals surface area contributed by atoms with Gasteiger partial charge in [-0.3, -0.25) is 0 Å². The minimum Gasteiger partial charge on any atom is -0.449 e. The smallest absolute Gasteiger partial charge is 0.407 e. The van der Waals surface area contributed by atoms with Crippen LogP contribution in [0.25, 0.3) is 11.1 Å². The van der Waals surface area contributed by atoms with Gasteiger partial charge in [0.2, 0.25) is 0 Å². The van der Waals surface area contributed by atoms with E-state index in [9.17, 15) is 15.0 Å². The van der Waals surface area contributed by atoms with E-state index in [1.807, 2.05) is 48.5 Å². The van der Waals surface area contributed by atoms with Crippen LogP contribution in [0, 0.1) is 0 Å². The molecule has 33 heavy (non-hydrogen) atoms. The topological polar surface area (TPSA) is 78.8 Å². The van der Waals surface area contributed by atoms with Crippen LogP contribution in [-0.4, -0.2) is 43.6 Å². The van der Waals surface area contributed by atoms with E-state index in [1.165, 1.54) is 16.3 Å². The molecule has 0 saturated heterocycles. The molecule has 3 aromatic carbocycles. The molecule has 1 aliphatic carbocycles. The number of hydrogen-bond donors (Lipinski definition) is 3. The summed E-state index contributed by atoms with van der Waals surface area (Å²) in [7, 11) is -1.43. The first kappa shape index (κ1) is 23.2. The van der Waals surface area contributed by atoms with Crippen molar-refractivity contribution in [3.63, 3.8) is 0 Å². The van der Waals surface area contributed by atoms with Crippen molar-refractivity contribution in [3.05, 3.63) is 89.5 Å². The van der Waals surface area contributed by atoms with E-state index in [-0.39, 0.29) is 19.1 Å². The molecule has 4 rings (SSSR count). The summed E-state index contributed by atoms with van der Waals surface area (Å²) in [6.07, 6.45) is -2.84. The number of aliphatic hydroxyl groups is 2. The van der Waals surface area contributed by atoms with Crippen LogP contribution in [0.1, 0.15) is 28.7 Å². The van der Waals surface area contributed by atoms with Crippen LogP contribution in [0.5, 0.6) is 0 Å². The number of hydrogen-bond acceptors (Lipinski definition) is 4. The average molecular weight is 462 g/mol. The molecule has 1 aliphatic rings. The van der Waals surface area contributed by atoms with Gasteiger partial charge >= 0.3 is 6.09 Å². The maximum absolute atomic E-state index is 12.3. The largest absolute Gasteiger partial charge is 0.449 e. The zero-order chi connectivity index (χ0) is 23.6. The van der Waals surface area contributed by atoms with Gasteiger partial charge in [-0.1, -0.05) is 97.6 Å².